The second kappa shape index (κ2) is 6.42. The summed E-state index contributed by atoms with van der Waals surface area (Å²) >= 11 is 0. The summed E-state index contributed by atoms with van der Waals surface area (Å²) in [6.07, 6.45) is 1.63. The maximum atomic E-state index is 12.2. The molecule has 1 fully saturated rings. The molecule has 116 valence electrons. The van der Waals surface area contributed by atoms with E-state index < -0.39 is 16.0 Å². The summed E-state index contributed by atoms with van der Waals surface area (Å²) in [5.74, 6) is -1.18. The van der Waals surface area contributed by atoms with Crippen LogP contribution in [0.1, 0.15) is 23.2 Å². The van der Waals surface area contributed by atoms with Crippen molar-refractivity contribution in [1.29, 1.82) is 0 Å². The van der Waals surface area contributed by atoms with Gasteiger partial charge in [0.25, 0.3) is 0 Å². The number of anilines is 1. The maximum absolute atomic E-state index is 12.2. The molecule has 0 aromatic heterocycles. The number of sulfonamides is 1. The Morgan fingerprint density at radius 3 is 2.81 bits per heavy atom. The maximum Gasteiger partial charge on any atom is 0.337 e. The highest BCUT2D eigenvalue weighted by molar-refractivity contribution is 7.89. The van der Waals surface area contributed by atoms with Crippen molar-refractivity contribution in [1.82, 2.24) is 4.72 Å². The third-order valence-corrected chi connectivity index (χ3v) is 4.75. The van der Waals surface area contributed by atoms with Crippen LogP contribution in [0.25, 0.3) is 0 Å². The fraction of sp³-hybridized carbons (Fsp3) is 0.462. The molecule has 2 rings (SSSR count). The Hall–Kier alpha value is -1.64. The van der Waals surface area contributed by atoms with Crippen LogP contribution in [0.15, 0.2) is 23.1 Å². The zero-order chi connectivity index (χ0) is 15.5. The van der Waals surface area contributed by atoms with Crippen LogP contribution in [-0.2, 0) is 14.8 Å². The molecular formula is C13H18N2O5S. The third kappa shape index (κ3) is 3.72. The molecule has 0 radical (unpaired) electrons. The molecule has 1 aromatic rings. The molecule has 0 aliphatic carbocycles. The highest BCUT2D eigenvalue weighted by atomic mass is 32.2. The number of carbonyl (C=O) groups is 1. The predicted molar refractivity (Wildman–Crippen MR) is 77.1 cm³/mol. The van der Waals surface area contributed by atoms with Gasteiger partial charge < -0.3 is 15.2 Å². The highest BCUT2D eigenvalue weighted by Crippen LogP contribution is 2.20. The van der Waals surface area contributed by atoms with Crippen LogP contribution < -0.4 is 10.0 Å². The van der Waals surface area contributed by atoms with Crippen LogP contribution in [0.5, 0.6) is 0 Å². The summed E-state index contributed by atoms with van der Waals surface area (Å²) in [6.45, 7) is 0.838. The van der Waals surface area contributed by atoms with Gasteiger partial charge in [-0.15, -0.1) is 0 Å². The van der Waals surface area contributed by atoms with Crippen molar-refractivity contribution in [3.63, 3.8) is 0 Å². The molecule has 0 saturated carbocycles. The van der Waals surface area contributed by atoms with Gasteiger partial charge in [0.15, 0.2) is 0 Å². The lowest BCUT2D eigenvalue weighted by Crippen LogP contribution is -2.32. The Balaban J connectivity index is 2.18. The van der Waals surface area contributed by atoms with E-state index in [9.17, 15) is 13.2 Å². The SMILES string of the molecule is CNc1ccc(S(=O)(=O)NCC2CCCO2)cc1C(=O)O. The van der Waals surface area contributed by atoms with E-state index in [1.807, 2.05) is 0 Å². The summed E-state index contributed by atoms with van der Waals surface area (Å²) in [5, 5.41) is 11.8. The van der Waals surface area contributed by atoms with Crippen molar-refractivity contribution >= 4 is 21.7 Å². The van der Waals surface area contributed by atoms with Gasteiger partial charge in [0.1, 0.15) is 0 Å². The first-order valence-corrected chi connectivity index (χ1v) is 8.08. The lowest BCUT2D eigenvalue weighted by Gasteiger charge is -2.13. The zero-order valence-corrected chi connectivity index (χ0v) is 12.4. The first-order valence-electron chi connectivity index (χ1n) is 6.60. The summed E-state index contributed by atoms with van der Waals surface area (Å²) in [7, 11) is -2.17. The lowest BCUT2D eigenvalue weighted by atomic mass is 10.2. The van der Waals surface area contributed by atoms with E-state index in [0.29, 0.717) is 12.3 Å². The van der Waals surface area contributed by atoms with Gasteiger partial charge in [-0.05, 0) is 31.0 Å². The number of carboxylic acids is 1. The summed E-state index contributed by atoms with van der Waals surface area (Å²) < 4.78 is 32.2. The molecule has 7 nitrogen and oxygen atoms in total. The fourth-order valence-electron chi connectivity index (χ4n) is 2.18. The first kappa shape index (κ1) is 15.7. The number of hydrogen-bond acceptors (Lipinski definition) is 5. The van der Waals surface area contributed by atoms with E-state index in [2.05, 4.69) is 10.0 Å². The first-order chi connectivity index (χ1) is 9.94. The number of benzene rings is 1. The number of carboxylic acid groups (broad SMARTS) is 1. The Kier molecular flexibility index (Phi) is 4.81. The Labute approximate surface area is 123 Å². The van der Waals surface area contributed by atoms with Crippen LogP contribution in [0, 0.1) is 0 Å². The zero-order valence-electron chi connectivity index (χ0n) is 11.6. The van der Waals surface area contributed by atoms with Crippen LogP contribution in [0.2, 0.25) is 0 Å². The second-order valence-electron chi connectivity index (χ2n) is 4.75. The molecule has 0 spiro atoms. The average molecular weight is 314 g/mol. The van der Waals surface area contributed by atoms with Gasteiger partial charge in [0.05, 0.1) is 16.6 Å². The quantitative estimate of drug-likeness (QED) is 0.720. The molecular weight excluding hydrogens is 296 g/mol. The van der Waals surface area contributed by atoms with Crippen molar-refractivity contribution in [3.8, 4) is 0 Å². The lowest BCUT2D eigenvalue weighted by molar-refractivity contribution is 0.0697. The minimum Gasteiger partial charge on any atom is -0.478 e. The van der Waals surface area contributed by atoms with Crippen molar-refractivity contribution < 1.29 is 23.1 Å². The highest BCUT2D eigenvalue weighted by Gasteiger charge is 2.22. The summed E-state index contributed by atoms with van der Waals surface area (Å²) in [5.41, 5.74) is 0.276. The minimum absolute atomic E-state index is 0.0723. The molecule has 1 aliphatic rings. The topological polar surface area (TPSA) is 105 Å². The number of hydrogen-bond donors (Lipinski definition) is 3. The van der Waals surface area contributed by atoms with Gasteiger partial charge in [-0.2, -0.15) is 0 Å². The largest absolute Gasteiger partial charge is 0.478 e. The Morgan fingerprint density at radius 1 is 1.48 bits per heavy atom. The third-order valence-electron chi connectivity index (χ3n) is 3.33. The van der Waals surface area contributed by atoms with E-state index in [4.69, 9.17) is 9.84 Å². The van der Waals surface area contributed by atoms with Gasteiger partial charge in [-0.1, -0.05) is 0 Å². The van der Waals surface area contributed by atoms with Crippen LogP contribution in [-0.4, -0.2) is 45.8 Å². The summed E-state index contributed by atoms with van der Waals surface area (Å²) in [4.78, 5) is 11.1. The summed E-state index contributed by atoms with van der Waals surface area (Å²) in [6, 6.07) is 3.95. The number of aromatic carboxylic acids is 1. The smallest absolute Gasteiger partial charge is 0.337 e. The fourth-order valence-corrected chi connectivity index (χ4v) is 3.27. The molecule has 1 aliphatic heterocycles. The molecule has 3 N–H and O–H groups in total. The van der Waals surface area contributed by atoms with Crippen molar-refractivity contribution in [2.75, 3.05) is 25.5 Å². The van der Waals surface area contributed by atoms with Gasteiger partial charge in [-0.25, -0.2) is 17.9 Å². The predicted octanol–water partition coefficient (Wildman–Crippen LogP) is 0.884. The van der Waals surface area contributed by atoms with Gasteiger partial charge in [-0.3, -0.25) is 0 Å². The van der Waals surface area contributed by atoms with E-state index in [1.165, 1.54) is 12.1 Å². The molecule has 0 amide bonds. The molecule has 1 aromatic carbocycles. The van der Waals surface area contributed by atoms with Crippen molar-refractivity contribution in [3.05, 3.63) is 23.8 Å². The van der Waals surface area contributed by atoms with E-state index >= 15 is 0 Å². The molecule has 8 heteroatoms. The standard InChI is InChI=1S/C13H18N2O5S/c1-14-12-5-4-10(7-11(12)13(16)17)21(18,19)15-8-9-3-2-6-20-9/h4-5,7,9,14-15H,2-3,6,8H2,1H3,(H,16,17). The Bertz CT molecular complexity index is 623. The van der Waals surface area contributed by atoms with E-state index in [1.54, 1.807) is 7.05 Å². The number of ether oxygens (including phenoxy) is 1. The van der Waals surface area contributed by atoms with Gasteiger partial charge in [0, 0.05) is 25.9 Å². The minimum atomic E-state index is -3.75. The van der Waals surface area contributed by atoms with Crippen LogP contribution in [0.3, 0.4) is 0 Å². The van der Waals surface area contributed by atoms with Crippen LogP contribution in [0.4, 0.5) is 5.69 Å². The molecule has 1 heterocycles. The Morgan fingerprint density at radius 2 is 2.24 bits per heavy atom. The monoisotopic (exact) mass is 314 g/mol. The molecule has 1 unspecified atom stereocenters. The van der Waals surface area contributed by atoms with E-state index in [-0.39, 0.29) is 23.1 Å². The average Bonchev–Trinajstić information content (AvgIpc) is 2.97. The van der Waals surface area contributed by atoms with E-state index in [0.717, 1.165) is 18.9 Å². The second-order valence-corrected chi connectivity index (χ2v) is 6.52. The normalized spacial score (nSPS) is 18.6. The number of rotatable bonds is 6. The molecule has 21 heavy (non-hydrogen) atoms. The molecule has 0 bridgehead atoms. The number of nitrogens with one attached hydrogen (secondary N) is 2. The van der Waals surface area contributed by atoms with Crippen molar-refractivity contribution in [2.24, 2.45) is 0 Å². The molecule has 1 saturated heterocycles. The van der Waals surface area contributed by atoms with Gasteiger partial charge in [0.2, 0.25) is 10.0 Å². The van der Waals surface area contributed by atoms with Crippen LogP contribution >= 0.6 is 0 Å². The van der Waals surface area contributed by atoms with Gasteiger partial charge >= 0.3 is 5.97 Å². The molecule has 1 atom stereocenters. The van der Waals surface area contributed by atoms with Crippen molar-refractivity contribution in [2.45, 2.75) is 23.8 Å².